The molecule has 0 aliphatic heterocycles. The van der Waals surface area contributed by atoms with Crippen molar-refractivity contribution < 1.29 is 9.47 Å². The highest BCUT2D eigenvalue weighted by molar-refractivity contribution is 5.56. The summed E-state index contributed by atoms with van der Waals surface area (Å²) < 4.78 is 10.7. The quantitative estimate of drug-likeness (QED) is 0.899. The Hall–Kier alpha value is -2.30. The second-order valence-corrected chi connectivity index (χ2v) is 4.03. The molecule has 1 heterocycles. The molecule has 18 heavy (non-hydrogen) atoms. The van der Waals surface area contributed by atoms with Crippen molar-refractivity contribution in [2.45, 2.75) is 13.8 Å². The number of benzene rings is 1. The molecular formula is C13H15N3O2. The highest BCUT2D eigenvalue weighted by Crippen LogP contribution is 2.30. The molecule has 0 fully saturated rings. The Kier molecular flexibility index (Phi) is 3.32. The molecule has 0 amide bonds. The minimum atomic E-state index is 0.291. The minimum Gasteiger partial charge on any atom is -0.479 e. The van der Waals surface area contributed by atoms with Gasteiger partial charge in [0, 0.05) is 0 Å². The molecule has 2 rings (SSSR count). The predicted molar refractivity (Wildman–Crippen MR) is 69.0 cm³/mol. The van der Waals surface area contributed by atoms with Crippen LogP contribution >= 0.6 is 0 Å². The van der Waals surface area contributed by atoms with E-state index in [4.69, 9.17) is 15.2 Å². The van der Waals surface area contributed by atoms with Gasteiger partial charge < -0.3 is 15.2 Å². The highest BCUT2D eigenvalue weighted by atomic mass is 16.5. The van der Waals surface area contributed by atoms with Crippen LogP contribution in [-0.2, 0) is 0 Å². The molecule has 5 nitrogen and oxygen atoms in total. The Labute approximate surface area is 106 Å². The van der Waals surface area contributed by atoms with Gasteiger partial charge in [0.25, 0.3) is 0 Å². The molecule has 0 bridgehead atoms. The van der Waals surface area contributed by atoms with Crippen molar-refractivity contribution in [3.8, 4) is 17.5 Å². The number of aryl methyl sites for hydroxylation is 2. The third kappa shape index (κ3) is 2.51. The van der Waals surface area contributed by atoms with Gasteiger partial charge in [-0.1, -0.05) is 6.07 Å². The summed E-state index contributed by atoms with van der Waals surface area (Å²) in [6.45, 7) is 4.01. The van der Waals surface area contributed by atoms with E-state index in [-0.39, 0.29) is 0 Å². The second-order valence-electron chi connectivity index (χ2n) is 4.03. The van der Waals surface area contributed by atoms with E-state index >= 15 is 0 Å². The van der Waals surface area contributed by atoms with Crippen molar-refractivity contribution in [3.63, 3.8) is 0 Å². The topological polar surface area (TPSA) is 70.3 Å². The molecule has 2 aromatic rings. The Bertz CT molecular complexity index is 550. The van der Waals surface area contributed by atoms with Crippen LogP contribution in [0.2, 0.25) is 0 Å². The van der Waals surface area contributed by atoms with Crippen molar-refractivity contribution in [2.75, 3.05) is 12.8 Å². The lowest BCUT2D eigenvalue weighted by atomic mass is 10.1. The van der Waals surface area contributed by atoms with Gasteiger partial charge in [-0.25, -0.2) is 0 Å². The number of rotatable bonds is 3. The maximum absolute atomic E-state index is 5.84. The Morgan fingerprint density at radius 3 is 2.22 bits per heavy atom. The maximum atomic E-state index is 5.84. The van der Waals surface area contributed by atoms with Crippen LogP contribution in [0, 0.1) is 13.8 Å². The summed E-state index contributed by atoms with van der Waals surface area (Å²) >= 11 is 0. The predicted octanol–water partition coefficient (Wildman–Crippen LogP) is 2.48. The van der Waals surface area contributed by atoms with Crippen LogP contribution < -0.4 is 15.2 Å². The highest BCUT2D eigenvalue weighted by Gasteiger charge is 2.10. The molecule has 1 aromatic heterocycles. The molecule has 0 saturated carbocycles. The first-order chi connectivity index (χ1) is 8.60. The summed E-state index contributed by atoms with van der Waals surface area (Å²) in [5.41, 5.74) is 8.36. The molecule has 0 unspecified atom stereocenters. The number of hydrogen-bond donors (Lipinski definition) is 1. The molecule has 0 spiro atoms. The second kappa shape index (κ2) is 4.91. The molecule has 0 aliphatic carbocycles. The van der Waals surface area contributed by atoms with E-state index in [0.29, 0.717) is 23.2 Å². The third-order valence-corrected chi connectivity index (χ3v) is 2.41. The van der Waals surface area contributed by atoms with E-state index in [1.807, 2.05) is 26.0 Å². The number of nitrogen functional groups attached to an aromatic ring is 1. The number of methoxy groups -OCH3 is 1. The van der Waals surface area contributed by atoms with Crippen molar-refractivity contribution in [1.82, 2.24) is 9.97 Å². The molecule has 2 N–H and O–H groups in total. The first-order valence-corrected chi connectivity index (χ1v) is 5.50. The number of aromatic nitrogens is 2. The largest absolute Gasteiger partial charge is 0.479 e. The molecular weight excluding hydrogens is 230 g/mol. The van der Waals surface area contributed by atoms with Crippen LogP contribution in [0.5, 0.6) is 17.5 Å². The fraction of sp³-hybridized carbons (Fsp3) is 0.231. The number of anilines is 1. The lowest BCUT2D eigenvalue weighted by Crippen LogP contribution is -2.00. The van der Waals surface area contributed by atoms with Crippen molar-refractivity contribution in [3.05, 3.63) is 35.7 Å². The smallest absolute Gasteiger partial charge is 0.249 e. The van der Waals surface area contributed by atoms with Gasteiger partial charge >= 0.3 is 0 Å². The maximum Gasteiger partial charge on any atom is 0.249 e. The van der Waals surface area contributed by atoms with Crippen LogP contribution in [0.4, 0.5) is 5.69 Å². The SMILES string of the molecule is COc1ncnc(Oc2cc(C)cc(C)c2)c1N. The van der Waals surface area contributed by atoms with Crippen molar-refractivity contribution >= 4 is 5.69 Å². The van der Waals surface area contributed by atoms with E-state index in [2.05, 4.69) is 16.0 Å². The first-order valence-electron chi connectivity index (χ1n) is 5.50. The standard InChI is InChI=1S/C13H15N3O2/c1-8-4-9(2)6-10(5-8)18-13-11(14)12(17-3)15-7-16-13/h4-7H,14H2,1-3H3. The van der Waals surface area contributed by atoms with Gasteiger partial charge in [0.1, 0.15) is 12.1 Å². The van der Waals surface area contributed by atoms with E-state index in [1.54, 1.807) is 0 Å². The summed E-state index contributed by atoms with van der Waals surface area (Å²) in [5, 5.41) is 0. The molecule has 0 aliphatic rings. The average molecular weight is 245 g/mol. The number of hydrogen-bond acceptors (Lipinski definition) is 5. The fourth-order valence-corrected chi connectivity index (χ4v) is 1.71. The van der Waals surface area contributed by atoms with E-state index < -0.39 is 0 Å². The Morgan fingerprint density at radius 2 is 1.61 bits per heavy atom. The monoisotopic (exact) mass is 245 g/mol. The van der Waals surface area contributed by atoms with Crippen LogP contribution in [0.15, 0.2) is 24.5 Å². The van der Waals surface area contributed by atoms with Gasteiger partial charge in [-0.15, -0.1) is 0 Å². The number of nitrogens with two attached hydrogens (primary N) is 1. The van der Waals surface area contributed by atoms with Gasteiger partial charge in [0.2, 0.25) is 11.8 Å². The summed E-state index contributed by atoms with van der Waals surface area (Å²) in [4.78, 5) is 7.90. The van der Waals surface area contributed by atoms with Gasteiger partial charge in [0.15, 0.2) is 5.69 Å². The normalized spacial score (nSPS) is 10.2. The van der Waals surface area contributed by atoms with E-state index in [9.17, 15) is 0 Å². The van der Waals surface area contributed by atoms with Gasteiger partial charge in [-0.3, -0.25) is 0 Å². The van der Waals surface area contributed by atoms with Crippen LogP contribution in [0.1, 0.15) is 11.1 Å². The zero-order chi connectivity index (χ0) is 13.1. The molecule has 0 atom stereocenters. The minimum absolute atomic E-state index is 0.291. The zero-order valence-electron chi connectivity index (χ0n) is 10.6. The molecule has 0 saturated heterocycles. The Balaban J connectivity index is 2.34. The fourth-order valence-electron chi connectivity index (χ4n) is 1.71. The number of nitrogens with zero attached hydrogens (tertiary/aromatic N) is 2. The summed E-state index contributed by atoms with van der Waals surface area (Å²) in [6.07, 6.45) is 1.35. The average Bonchev–Trinajstić information content (AvgIpc) is 2.30. The van der Waals surface area contributed by atoms with E-state index in [1.165, 1.54) is 13.4 Å². The van der Waals surface area contributed by atoms with Crippen LogP contribution in [-0.4, -0.2) is 17.1 Å². The first kappa shape index (κ1) is 12.2. The van der Waals surface area contributed by atoms with Crippen LogP contribution in [0.25, 0.3) is 0 Å². The lowest BCUT2D eigenvalue weighted by Gasteiger charge is -2.10. The summed E-state index contributed by atoms with van der Waals surface area (Å²) in [7, 11) is 1.50. The lowest BCUT2D eigenvalue weighted by molar-refractivity contribution is 0.391. The van der Waals surface area contributed by atoms with Crippen molar-refractivity contribution in [2.24, 2.45) is 0 Å². The van der Waals surface area contributed by atoms with Gasteiger partial charge in [-0.2, -0.15) is 9.97 Å². The molecule has 0 radical (unpaired) electrons. The Morgan fingerprint density at radius 1 is 1.00 bits per heavy atom. The van der Waals surface area contributed by atoms with Gasteiger partial charge in [-0.05, 0) is 37.1 Å². The van der Waals surface area contributed by atoms with Gasteiger partial charge in [0.05, 0.1) is 7.11 Å². The van der Waals surface area contributed by atoms with Crippen LogP contribution in [0.3, 0.4) is 0 Å². The molecule has 1 aromatic carbocycles. The number of ether oxygens (including phenoxy) is 2. The van der Waals surface area contributed by atoms with Crippen molar-refractivity contribution in [1.29, 1.82) is 0 Å². The zero-order valence-corrected chi connectivity index (χ0v) is 10.6. The molecule has 94 valence electrons. The summed E-state index contributed by atoms with van der Waals surface area (Å²) in [5.74, 6) is 1.30. The molecule has 5 heteroatoms. The van der Waals surface area contributed by atoms with E-state index in [0.717, 1.165) is 11.1 Å². The third-order valence-electron chi connectivity index (χ3n) is 2.41. The summed E-state index contributed by atoms with van der Waals surface area (Å²) in [6, 6.07) is 5.90.